The molecular weight excluding hydrogens is 196 g/mol. The number of aryl methyl sites for hydroxylation is 1. The van der Waals surface area contributed by atoms with E-state index in [-0.39, 0.29) is 0 Å². The summed E-state index contributed by atoms with van der Waals surface area (Å²) in [5.41, 5.74) is 4.41. The molecule has 0 atom stereocenters. The quantitative estimate of drug-likeness (QED) is 0.671. The highest BCUT2D eigenvalue weighted by molar-refractivity contribution is 5.74. The van der Waals surface area contributed by atoms with Gasteiger partial charge in [-0.1, -0.05) is 32.8 Å². The van der Waals surface area contributed by atoms with E-state index in [1.54, 1.807) is 0 Å². The third-order valence-corrected chi connectivity index (χ3v) is 3.39. The van der Waals surface area contributed by atoms with Crippen molar-refractivity contribution in [1.82, 2.24) is 0 Å². The van der Waals surface area contributed by atoms with Gasteiger partial charge in [0.2, 0.25) is 0 Å². The number of hydrogen-bond acceptors (Lipinski definition) is 1. The molecule has 16 heavy (non-hydrogen) atoms. The molecule has 88 valence electrons. The minimum atomic E-state index is 1.09. The van der Waals surface area contributed by atoms with E-state index in [0.717, 1.165) is 12.8 Å². The first-order valence-corrected chi connectivity index (χ1v) is 6.65. The molecule has 1 aliphatic carbocycles. The third kappa shape index (κ3) is 2.23. The van der Waals surface area contributed by atoms with Crippen molar-refractivity contribution in [3.8, 4) is 0 Å². The molecule has 0 unspecified atom stereocenters. The highest BCUT2D eigenvalue weighted by Gasteiger charge is 2.20. The lowest BCUT2D eigenvalue weighted by atomic mass is 10.0. The van der Waals surface area contributed by atoms with Gasteiger partial charge in [0, 0.05) is 17.5 Å². The SMILES string of the molecule is CCCCC1=CCc2coc(CCCC)c21. The number of hydrogen-bond donors (Lipinski definition) is 0. The van der Waals surface area contributed by atoms with E-state index in [0.29, 0.717) is 0 Å². The van der Waals surface area contributed by atoms with Crippen LogP contribution in [0.3, 0.4) is 0 Å². The summed E-state index contributed by atoms with van der Waals surface area (Å²) in [6.45, 7) is 4.49. The Hall–Kier alpha value is -0.980. The second kappa shape index (κ2) is 5.38. The molecule has 0 spiro atoms. The molecular formula is C15H22O. The van der Waals surface area contributed by atoms with Crippen molar-refractivity contribution < 1.29 is 4.42 Å². The largest absolute Gasteiger partial charge is 0.468 e. The Kier molecular flexibility index (Phi) is 3.87. The van der Waals surface area contributed by atoms with Gasteiger partial charge in [-0.25, -0.2) is 0 Å². The van der Waals surface area contributed by atoms with Crippen molar-refractivity contribution in [2.75, 3.05) is 0 Å². The summed E-state index contributed by atoms with van der Waals surface area (Å²) in [4.78, 5) is 0. The zero-order valence-corrected chi connectivity index (χ0v) is 10.5. The highest BCUT2D eigenvalue weighted by Crippen LogP contribution is 2.35. The van der Waals surface area contributed by atoms with Crippen molar-refractivity contribution in [2.24, 2.45) is 0 Å². The van der Waals surface area contributed by atoms with Crippen molar-refractivity contribution in [1.29, 1.82) is 0 Å². The topological polar surface area (TPSA) is 13.1 Å². The first kappa shape index (κ1) is 11.5. The van der Waals surface area contributed by atoms with Crippen LogP contribution >= 0.6 is 0 Å². The van der Waals surface area contributed by atoms with Gasteiger partial charge in [0.15, 0.2) is 0 Å². The number of furan rings is 1. The molecule has 0 radical (unpaired) electrons. The summed E-state index contributed by atoms with van der Waals surface area (Å²) < 4.78 is 5.71. The normalized spacial score (nSPS) is 14.0. The second-order valence-electron chi connectivity index (χ2n) is 4.70. The van der Waals surface area contributed by atoms with Crippen LogP contribution in [0.2, 0.25) is 0 Å². The predicted molar refractivity (Wildman–Crippen MR) is 68.5 cm³/mol. The molecule has 0 aromatic carbocycles. The standard InChI is InChI=1S/C15H22O/c1-3-5-7-12-9-10-13-11-16-14(15(12)13)8-6-4-2/h9,11H,3-8,10H2,1-2H3. The zero-order valence-electron chi connectivity index (χ0n) is 10.5. The first-order chi connectivity index (χ1) is 7.86. The Balaban J connectivity index is 2.10. The van der Waals surface area contributed by atoms with Crippen molar-refractivity contribution >= 4 is 5.57 Å². The molecule has 1 heteroatoms. The minimum Gasteiger partial charge on any atom is -0.468 e. The number of fused-ring (bicyclic) bond motifs is 1. The molecule has 0 N–H and O–H groups in total. The Bertz CT molecular complexity index is 371. The molecule has 0 bridgehead atoms. The van der Waals surface area contributed by atoms with E-state index in [4.69, 9.17) is 4.42 Å². The van der Waals surface area contributed by atoms with Crippen LogP contribution in [-0.2, 0) is 12.8 Å². The maximum absolute atomic E-state index is 5.71. The van der Waals surface area contributed by atoms with E-state index in [2.05, 4.69) is 19.9 Å². The highest BCUT2D eigenvalue weighted by atomic mass is 16.3. The van der Waals surface area contributed by atoms with Crippen LogP contribution in [0.5, 0.6) is 0 Å². The predicted octanol–water partition coefficient (Wildman–Crippen LogP) is 4.75. The summed E-state index contributed by atoms with van der Waals surface area (Å²) in [6, 6.07) is 0. The van der Waals surface area contributed by atoms with Crippen molar-refractivity contribution in [3.63, 3.8) is 0 Å². The van der Waals surface area contributed by atoms with Crippen LogP contribution < -0.4 is 0 Å². The van der Waals surface area contributed by atoms with Crippen LogP contribution in [0.15, 0.2) is 16.8 Å². The van der Waals surface area contributed by atoms with Crippen molar-refractivity contribution in [2.45, 2.75) is 58.8 Å². The molecule has 0 saturated carbocycles. The van der Waals surface area contributed by atoms with Crippen LogP contribution in [-0.4, -0.2) is 0 Å². The van der Waals surface area contributed by atoms with Gasteiger partial charge in [0.1, 0.15) is 5.76 Å². The summed E-state index contributed by atoms with van der Waals surface area (Å²) in [5, 5.41) is 0. The smallest absolute Gasteiger partial charge is 0.111 e. The summed E-state index contributed by atoms with van der Waals surface area (Å²) in [6.07, 6.45) is 12.8. The Morgan fingerprint density at radius 1 is 1.12 bits per heavy atom. The van der Waals surface area contributed by atoms with Crippen molar-refractivity contribution in [3.05, 3.63) is 29.2 Å². The lowest BCUT2D eigenvalue weighted by molar-refractivity contribution is 0.497. The average Bonchev–Trinajstić information content (AvgIpc) is 2.86. The molecule has 1 aromatic heterocycles. The minimum absolute atomic E-state index is 1.09. The molecule has 2 rings (SSSR count). The van der Waals surface area contributed by atoms with Gasteiger partial charge in [0.25, 0.3) is 0 Å². The lowest BCUT2D eigenvalue weighted by Gasteiger charge is -2.04. The second-order valence-corrected chi connectivity index (χ2v) is 4.70. The van der Waals surface area contributed by atoms with Gasteiger partial charge >= 0.3 is 0 Å². The molecule has 1 aromatic rings. The van der Waals surface area contributed by atoms with Gasteiger partial charge in [-0.2, -0.15) is 0 Å². The van der Waals surface area contributed by atoms with E-state index >= 15 is 0 Å². The Labute approximate surface area is 98.5 Å². The molecule has 0 aliphatic heterocycles. The summed E-state index contributed by atoms with van der Waals surface area (Å²) >= 11 is 0. The van der Waals surface area contributed by atoms with E-state index in [1.165, 1.54) is 54.6 Å². The molecule has 1 nitrogen and oxygen atoms in total. The Morgan fingerprint density at radius 3 is 2.62 bits per heavy atom. The molecule has 0 saturated heterocycles. The fraction of sp³-hybridized carbons (Fsp3) is 0.600. The van der Waals surface area contributed by atoms with Gasteiger partial charge in [-0.3, -0.25) is 0 Å². The third-order valence-electron chi connectivity index (χ3n) is 3.39. The van der Waals surface area contributed by atoms with E-state index in [9.17, 15) is 0 Å². The van der Waals surface area contributed by atoms with Crippen LogP contribution in [0.4, 0.5) is 0 Å². The molecule has 1 aliphatic rings. The first-order valence-electron chi connectivity index (χ1n) is 6.65. The molecule has 0 amide bonds. The maximum Gasteiger partial charge on any atom is 0.111 e. The zero-order chi connectivity index (χ0) is 11.4. The molecule has 0 fully saturated rings. The van der Waals surface area contributed by atoms with E-state index < -0.39 is 0 Å². The summed E-state index contributed by atoms with van der Waals surface area (Å²) in [7, 11) is 0. The van der Waals surface area contributed by atoms with Gasteiger partial charge in [-0.15, -0.1) is 0 Å². The number of allylic oxidation sites excluding steroid dienone is 2. The van der Waals surface area contributed by atoms with Gasteiger partial charge < -0.3 is 4.42 Å². The lowest BCUT2D eigenvalue weighted by Crippen LogP contribution is -1.89. The summed E-state index contributed by atoms with van der Waals surface area (Å²) in [5.74, 6) is 1.23. The van der Waals surface area contributed by atoms with Crippen LogP contribution in [0.25, 0.3) is 5.57 Å². The van der Waals surface area contributed by atoms with Crippen LogP contribution in [0, 0.1) is 0 Å². The maximum atomic E-state index is 5.71. The van der Waals surface area contributed by atoms with Crippen LogP contribution in [0.1, 0.15) is 62.8 Å². The van der Waals surface area contributed by atoms with E-state index in [1.807, 2.05) is 6.26 Å². The Morgan fingerprint density at radius 2 is 1.88 bits per heavy atom. The number of unbranched alkanes of at least 4 members (excludes halogenated alkanes) is 2. The molecule has 1 heterocycles. The average molecular weight is 218 g/mol. The van der Waals surface area contributed by atoms with Gasteiger partial charge in [-0.05, 0) is 31.3 Å². The number of rotatable bonds is 6. The fourth-order valence-electron chi connectivity index (χ4n) is 2.43. The monoisotopic (exact) mass is 218 g/mol. The van der Waals surface area contributed by atoms with Gasteiger partial charge in [0.05, 0.1) is 6.26 Å². The fourth-order valence-corrected chi connectivity index (χ4v) is 2.43.